The summed E-state index contributed by atoms with van der Waals surface area (Å²) in [6, 6.07) is 0. The van der Waals surface area contributed by atoms with Gasteiger partial charge in [0.15, 0.2) is 0 Å². The average molecular weight is 223 g/mol. The minimum atomic E-state index is -0.776. The van der Waals surface area contributed by atoms with Crippen LogP contribution >= 0.6 is 0 Å². The number of carbonyl (C=O) groups is 1. The van der Waals surface area contributed by atoms with E-state index >= 15 is 0 Å². The summed E-state index contributed by atoms with van der Waals surface area (Å²) in [6.45, 7) is 4.12. The monoisotopic (exact) mass is 223 g/mol. The Morgan fingerprint density at radius 1 is 1.69 bits per heavy atom. The Bertz CT molecular complexity index is 396. The van der Waals surface area contributed by atoms with Crippen molar-refractivity contribution in [2.24, 2.45) is 0 Å². The lowest BCUT2D eigenvalue weighted by Gasteiger charge is -2.39. The second kappa shape index (κ2) is 3.88. The standard InChI is InChI=1S/C11H17N3O2/c1-3-8(2)9-13-12-7-14(9)11(10(15)16)5-4-6-11/h7-8H,3-6H2,1-2H3,(H,15,16). The maximum Gasteiger partial charge on any atom is 0.329 e. The van der Waals surface area contributed by atoms with Crippen molar-refractivity contribution in [3.8, 4) is 0 Å². The molecule has 1 aromatic heterocycles. The molecule has 0 spiro atoms. The molecule has 1 aliphatic carbocycles. The molecule has 16 heavy (non-hydrogen) atoms. The number of nitrogens with zero attached hydrogens (tertiary/aromatic N) is 3. The molecule has 5 nitrogen and oxygen atoms in total. The number of hydrogen-bond acceptors (Lipinski definition) is 3. The number of carboxylic acid groups (broad SMARTS) is 1. The minimum absolute atomic E-state index is 0.249. The molecular weight excluding hydrogens is 206 g/mol. The highest BCUT2D eigenvalue weighted by molar-refractivity contribution is 5.78. The van der Waals surface area contributed by atoms with Crippen LogP contribution in [-0.2, 0) is 10.3 Å². The molecule has 5 heteroatoms. The highest BCUT2D eigenvalue weighted by Crippen LogP contribution is 2.41. The van der Waals surface area contributed by atoms with Gasteiger partial charge in [0.2, 0.25) is 0 Å². The summed E-state index contributed by atoms with van der Waals surface area (Å²) in [5, 5.41) is 17.3. The molecule has 1 aliphatic rings. The van der Waals surface area contributed by atoms with Gasteiger partial charge in [0.1, 0.15) is 17.7 Å². The molecule has 2 rings (SSSR count). The first-order valence-electron chi connectivity index (χ1n) is 5.75. The zero-order valence-corrected chi connectivity index (χ0v) is 9.68. The van der Waals surface area contributed by atoms with Gasteiger partial charge in [-0.2, -0.15) is 0 Å². The van der Waals surface area contributed by atoms with Gasteiger partial charge < -0.3 is 9.67 Å². The third-order valence-electron chi connectivity index (χ3n) is 3.67. The van der Waals surface area contributed by atoms with Crippen LogP contribution < -0.4 is 0 Å². The Morgan fingerprint density at radius 3 is 2.81 bits per heavy atom. The molecule has 0 aromatic carbocycles. The molecule has 1 aromatic rings. The van der Waals surface area contributed by atoms with E-state index in [1.54, 1.807) is 10.9 Å². The summed E-state index contributed by atoms with van der Waals surface area (Å²) in [6.07, 6.45) is 4.83. The maximum atomic E-state index is 11.4. The second-order valence-corrected chi connectivity index (χ2v) is 4.56. The van der Waals surface area contributed by atoms with Crippen molar-refractivity contribution in [3.63, 3.8) is 0 Å². The predicted octanol–water partition coefficient (Wildman–Crippen LogP) is 1.76. The van der Waals surface area contributed by atoms with Crippen LogP contribution in [0.1, 0.15) is 51.3 Å². The van der Waals surface area contributed by atoms with Gasteiger partial charge in [-0.1, -0.05) is 13.8 Å². The number of carboxylic acids is 1. The van der Waals surface area contributed by atoms with E-state index in [9.17, 15) is 9.90 Å². The van der Waals surface area contributed by atoms with Crippen molar-refractivity contribution in [2.75, 3.05) is 0 Å². The van der Waals surface area contributed by atoms with E-state index in [-0.39, 0.29) is 5.92 Å². The van der Waals surface area contributed by atoms with Gasteiger partial charge in [-0.05, 0) is 25.7 Å². The Morgan fingerprint density at radius 2 is 2.38 bits per heavy atom. The molecule has 1 atom stereocenters. The van der Waals surface area contributed by atoms with Gasteiger partial charge in [0.25, 0.3) is 0 Å². The third kappa shape index (κ3) is 1.42. The summed E-state index contributed by atoms with van der Waals surface area (Å²) in [5.74, 6) is 0.284. The van der Waals surface area contributed by atoms with Gasteiger partial charge in [0, 0.05) is 5.92 Å². The normalized spacial score (nSPS) is 20.1. The van der Waals surface area contributed by atoms with Crippen LogP contribution in [0.15, 0.2) is 6.33 Å². The first kappa shape index (κ1) is 11.1. The van der Waals surface area contributed by atoms with Crippen LogP contribution in [0.5, 0.6) is 0 Å². The fraction of sp³-hybridized carbons (Fsp3) is 0.727. The fourth-order valence-corrected chi connectivity index (χ4v) is 2.16. The number of rotatable bonds is 4. The first-order chi connectivity index (χ1) is 7.62. The predicted molar refractivity (Wildman–Crippen MR) is 58.2 cm³/mol. The van der Waals surface area contributed by atoms with Crippen LogP contribution in [0.2, 0.25) is 0 Å². The lowest BCUT2D eigenvalue weighted by Crippen LogP contribution is -2.48. The van der Waals surface area contributed by atoms with Gasteiger partial charge in [-0.3, -0.25) is 0 Å². The topological polar surface area (TPSA) is 68.0 Å². The molecule has 1 saturated carbocycles. The van der Waals surface area contributed by atoms with E-state index in [1.165, 1.54) is 0 Å². The van der Waals surface area contributed by atoms with Crippen molar-refractivity contribution in [1.29, 1.82) is 0 Å². The Balaban J connectivity index is 2.40. The van der Waals surface area contributed by atoms with E-state index in [4.69, 9.17) is 0 Å². The molecule has 1 heterocycles. The quantitative estimate of drug-likeness (QED) is 0.844. The van der Waals surface area contributed by atoms with E-state index in [0.29, 0.717) is 12.8 Å². The second-order valence-electron chi connectivity index (χ2n) is 4.56. The van der Waals surface area contributed by atoms with Crippen molar-refractivity contribution in [3.05, 3.63) is 12.2 Å². The molecule has 1 unspecified atom stereocenters. The van der Waals surface area contributed by atoms with Crippen LogP contribution in [0.4, 0.5) is 0 Å². The van der Waals surface area contributed by atoms with E-state index in [1.807, 2.05) is 0 Å². The summed E-state index contributed by atoms with van der Waals surface area (Å²) >= 11 is 0. The zero-order chi connectivity index (χ0) is 11.8. The maximum absolute atomic E-state index is 11.4. The zero-order valence-electron chi connectivity index (χ0n) is 9.68. The van der Waals surface area contributed by atoms with Gasteiger partial charge in [0.05, 0.1) is 0 Å². The molecule has 1 N–H and O–H groups in total. The Hall–Kier alpha value is -1.39. The van der Waals surface area contributed by atoms with Crippen molar-refractivity contribution >= 4 is 5.97 Å². The largest absolute Gasteiger partial charge is 0.479 e. The summed E-state index contributed by atoms with van der Waals surface area (Å²) in [7, 11) is 0. The molecule has 1 fully saturated rings. The summed E-state index contributed by atoms with van der Waals surface area (Å²) < 4.78 is 1.77. The van der Waals surface area contributed by atoms with Gasteiger partial charge in [-0.15, -0.1) is 10.2 Å². The summed E-state index contributed by atoms with van der Waals surface area (Å²) in [5.41, 5.74) is -0.776. The Kier molecular flexibility index (Phi) is 2.69. The molecule has 0 aliphatic heterocycles. The number of aliphatic carboxylic acids is 1. The lowest BCUT2D eigenvalue weighted by molar-refractivity contribution is -0.152. The molecular formula is C11H17N3O2. The highest BCUT2D eigenvalue weighted by atomic mass is 16.4. The van der Waals surface area contributed by atoms with E-state index in [2.05, 4.69) is 24.0 Å². The van der Waals surface area contributed by atoms with Crippen molar-refractivity contribution < 1.29 is 9.90 Å². The van der Waals surface area contributed by atoms with E-state index < -0.39 is 11.5 Å². The van der Waals surface area contributed by atoms with Crippen LogP contribution in [0.3, 0.4) is 0 Å². The van der Waals surface area contributed by atoms with E-state index in [0.717, 1.165) is 18.7 Å². The minimum Gasteiger partial charge on any atom is -0.479 e. The van der Waals surface area contributed by atoms with Gasteiger partial charge in [-0.25, -0.2) is 4.79 Å². The SMILES string of the molecule is CCC(C)c1nncn1C1(C(=O)O)CCC1. The molecule has 0 amide bonds. The third-order valence-corrected chi connectivity index (χ3v) is 3.67. The first-order valence-corrected chi connectivity index (χ1v) is 5.75. The summed E-state index contributed by atoms with van der Waals surface area (Å²) in [4.78, 5) is 11.4. The number of aromatic nitrogens is 3. The van der Waals surface area contributed by atoms with Crippen LogP contribution in [-0.4, -0.2) is 25.8 Å². The van der Waals surface area contributed by atoms with Crippen LogP contribution in [0, 0.1) is 0 Å². The lowest BCUT2D eigenvalue weighted by atomic mass is 9.76. The smallest absolute Gasteiger partial charge is 0.329 e. The van der Waals surface area contributed by atoms with Crippen molar-refractivity contribution in [2.45, 2.75) is 51.0 Å². The molecule has 0 bridgehead atoms. The average Bonchev–Trinajstić information content (AvgIpc) is 2.63. The fourth-order valence-electron chi connectivity index (χ4n) is 2.16. The molecule has 88 valence electrons. The highest BCUT2D eigenvalue weighted by Gasteiger charge is 2.47. The van der Waals surface area contributed by atoms with Crippen LogP contribution in [0.25, 0.3) is 0 Å². The Labute approximate surface area is 94.5 Å². The van der Waals surface area contributed by atoms with Crippen molar-refractivity contribution in [1.82, 2.24) is 14.8 Å². The molecule has 0 saturated heterocycles. The van der Waals surface area contributed by atoms with Gasteiger partial charge >= 0.3 is 5.97 Å². The number of hydrogen-bond donors (Lipinski definition) is 1. The molecule has 0 radical (unpaired) electrons.